The van der Waals surface area contributed by atoms with Crippen LogP contribution in [0.4, 0.5) is 5.13 Å². The largest absolute Gasteiger partial charge is 0.338 e. The Labute approximate surface area is 200 Å². The molecular formula is C21H14Cl2N6OS2. The Morgan fingerprint density at radius 3 is 2.75 bits per heavy atom. The van der Waals surface area contributed by atoms with E-state index in [9.17, 15) is 4.79 Å². The van der Waals surface area contributed by atoms with E-state index in [0.29, 0.717) is 31.5 Å². The van der Waals surface area contributed by atoms with Crippen LogP contribution < -0.4 is 5.32 Å². The van der Waals surface area contributed by atoms with Gasteiger partial charge in [0.15, 0.2) is 10.8 Å². The van der Waals surface area contributed by atoms with Gasteiger partial charge in [-0.05, 0) is 35.9 Å². The number of aromatic amines is 1. The number of nitrogens with zero attached hydrogens (tertiary/aromatic N) is 4. The summed E-state index contributed by atoms with van der Waals surface area (Å²) >= 11 is 14.6. The quantitative estimate of drug-likeness (QED) is 0.295. The van der Waals surface area contributed by atoms with Crippen LogP contribution >= 0.6 is 46.3 Å². The Balaban J connectivity index is 1.20. The van der Waals surface area contributed by atoms with Crippen molar-refractivity contribution in [2.75, 3.05) is 11.1 Å². The molecule has 0 radical (unpaired) electrons. The van der Waals surface area contributed by atoms with Crippen LogP contribution in [0, 0.1) is 0 Å². The van der Waals surface area contributed by atoms with Gasteiger partial charge in [0, 0.05) is 38.4 Å². The van der Waals surface area contributed by atoms with E-state index in [4.69, 9.17) is 23.2 Å². The minimum Gasteiger partial charge on any atom is -0.338 e. The van der Waals surface area contributed by atoms with Gasteiger partial charge in [0.25, 0.3) is 0 Å². The maximum Gasteiger partial charge on any atom is 0.236 e. The summed E-state index contributed by atoms with van der Waals surface area (Å²) in [6.07, 6.45) is 2.50. The van der Waals surface area contributed by atoms with Crippen molar-refractivity contribution in [2.45, 2.75) is 11.6 Å². The van der Waals surface area contributed by atoms with E-state index in [0.717, 1.165) is 27.8 Å². The summed E-state index contributed by atoms with van der Waals surface area (Å²) in [6.45, 7) is 0. The molecule has 0 saturated carbocycles. The molecule has 3 aromatic heterocycles. The number of H-pyrrole nitrogens is 1. The highest BCUT2D eigenvalue weighted by atomic mass is 35.5. The highest BCUT2D eigenvalue weighted by molar-refractivity contribution is 7.99. The van der Waals surface area contributed by atoms with Crippen molar-refractivity contribution >= 4 is 79.4 Å². The van der Waals surface area contributed by atoms with Gasteiger partial charge in [-0.3, -0.25) is 4.79 Å². The molecule has 0 fully saturated rings. The first kappa shape index (κ1) is 21.1. The second-order valence-electron chi connectivity index (χ2n) is 6.88. The Morgan fingerprint density at radius 1 is 1.09 bits per heavy atom. The molecule has 0 bridgehead atoms. The van der Waals surface area contributed by atoms with Crippen molar-refractivity contribution in [3.05, 3.63) is 69.1 Å². The smallest absolute Gasteiger partial charge is 0.236 e. The van der Waals surface area contributed by atoms with E-state index in [2.05, 4.69) is 30.5 Å². The topological polar surface area (TPSA) is 96.5 Å². The Morgan fingerprint density at radius 2 is 1.91 bits per heavy atom. The molecule has 0 aliphatic heterocycles. The van der Waals surface area contributed by atoms with E-state index < -0.39 is 0 Å². The summed E-state index contributed by atoms with van der Waals surface area (Å²) in [5.41, 5.74) is 3.26. The number of rotatable bonds is 6. The number of hydrogen-bond donors (Lipinski definition) is 2. The number of hydrogen-bond acceptors (Lipinski definition) is 7. The van der Waals surface area contributed by atoms with Crippen molar-refractivity contribution < 1.29 is 4.79 Å². The van der Waals surface area contributed by atoms with Gasteiger partial charge in [0.1, 0.15) is 5.52 Å². The highest BCUT2D eigenvalue weighted by Gasteiger charge is 2.12. The molecule has 32 heavy (non-hydrogen) atoms. The van der Waals surface area contributed by atoms with Gasteiger partial charge in [-0.2, -0.15) is 0 Å². The van der Waals surface area contributed by atoms with Crippen molar-refractivity contribution in [2.24, 2.45) is 0 Å². The molecule has 0 saturated heterocycles. The molecule has 1 amide bonds. The van der Waals surface area contributed by atoms with Crippen LogP contribution in [-0.2, 0) is 11.2 Å². The number of aromatic nitrogens is 5. The summed E-state index contributed by atoms with van der Waals surface area (Å²) in [4.78, 5) is 25.4. The third kappa shape index (κ3) is 4.71. The van der Waals surface area contributed by atoms with Gasteiger partial charge < -0.3 is 10.3 Å². The zero-order valence-electron chi connectivity index (χ0n) is 16.3. The predicted octanol–water partition coefficient (Wildman–Crippen LogP) is 5.59. The fourth-order valence-corrected chi connectivity index (χ4v) is 4.87. The summed E-state index contributed by atoms with van der Waals surface area (Å²) in [5, 5.41) is 14.4. The molecule has 2 N–H and O–H groups in total. The monoisotopic (exact) mass is 500 g/mol. The van der Waals surface area contributed by atoms with E-state index in [1.165, 1.54) is 23.1 Å². The van der Waals surface area contributed by atoms with Gasteiger partial charge in [-0.1, -0.05) is 47.1 Å². The lowest BCUT2D eigenvalue weighted by Gasteiger charge is -2.01. The summed E-state index contributed by atoms with van der Waals surface area (Å²) in [7, 11) is 0. The Bertz CT molecular complexity index is 1430. The average molecular weight is 501 g/mol. The zero-order valence-corrected chi connectivity index (χ0v) is 19.4. The van der Waals surface area contributed by atoms with Crippen molar-refractivity contribution in [1.82, 2.24) is 25.1 Å². The average Bonchev–Trinajstić information content (AvgIpc) is 3.37. The molecule has 5 aromatic rings. The lowest BCUT2D eigenvalue weighted by Crippen LogP contribution is -2.14. The number of thioether (sulfide) groups is 1. The molecule has 0 aliphatic rings. The second-order valence-corrected chi connectivity index (χ2v) is 9.81. The number of benzene rings is 2. The maximum atomic E-state index is 12.4. The van der Waals surface area contributed by atoms with Crippen molar-refractivity contribution in [3.8, 4) is 0 Å². The third-order valence-corrected chi connectivity index (χ3v) is 6.82. The van der Waals surface area contributed by atoms with E-state index in [-0.39, 0.29) is 11.7 Å². The molecule has 160 valence electrons. The first-order valence-electron chi connectivity index (χ1n) is 9.47. The van der Waals surface area contributed by atoms with Crippen LogP contribution in [0.5, 0.6) is 0 Å². The van der Waals surface area contributed by atoms with Gasteiger partial charge in [0.05, 0.1) is 5.75 Å². The molecule has 7 nitrogen and oxygen atoms in total. The molecule has 0 atom stereocenters. The lowest BCUT2D eigenvalue weighted by atomic mass is 10.1. The normalized spacial score (nSPS) is 11.3. The highest BCUT2D eigenvalue weighted by Crippen LogP contribution is 2.26. The maximum absolute atomic E-state index is 12.4. The van der Waals surface area contributed by atoms with Crippen LogP contribution in [0.25, 0.3) is 22.1 Å². The third-order valence-electron chi connectivity index (χ3n) is 4.58. The van der Waals surface area contributed by atoms with Gasteiger partial charge in [-0.25, -0.2) is 9.97 Å². The molecule has 0 unspecified atom stereocenters. The SMILES string of the molecule is O=C(CSc1nnc2c(n1)[nH]c1ccc(Cl)cc12)Nc1ncc(Cc2ccc(Cl)cc2)s1. The van der Waals surface area contributed by atoms with Gasteiger partial charge >= 0.3 is 0 Å². The van der Waals surface area contributed by atoms with Crippen molar-refractivity contribution in [1.29, 1.82) is 0 Å². The Hall–Kier alpha value is -2.72. The molecule has 2 aromatic carbocycles. The Kier molecular flexibility index (Phi) is 5.97. The number of amides is 1. The number of halogens is 2. The molecule has 0 spiro atoms. The van der Waals surface area contributed by atoms with Crippen LogP contribution in [0.2, 0.25) is 10.0 Å². The number of carbonyl (C=O) groups is 1. The van der Waals surface area contributed by atoms with Crippen LogP contribution in [0.3, 0.4) is 0 Å². The van der Waals surface area contributed by atoms with Gasteiger partial charge in [-0.15, -0.1) is 21.5 Å². The number of anilines is 1. The van der Waals surface area contributed by atoms with E-state index in [1.807, 2.05) is 36.4 Å². The van der Waals surface area contributed by atoms with Crippen LogP contribution in [0.15, 0.2) is 53.8 Å². The van der Waals surface area contributed by atoms with Crippen molar-refractivity contribution in [3.63, 3.8) is 0 Å². The number of thiazole rings is 1. The molecule has 5 rings (SSSR count). The van der Waals surface area contributed by atoms with Crippen LogP contribution in [0.1, 0.15) is 10.4 Å². The summed E-state index contributed by atoms with van der Waals surface area (Å²) in [5.74, 6) is -0.0414. The molecular weight excluding hydrogens is 487 g/mol. The molecule has 0 aliphatic carbocycles. The fraction of sp³-hybridized carbons (Fsp3) is 0.0952. The fourth-order valence-electron chi connectivity index (χ4n) is 3.13. The number of nitrogens with one attached hydrogen (secondary N) is 2. The minimum atomic E-state index is -0.186. The summed E-state index contributed by atoms with van der Waals surface area (Å²) in [6, 6.07) is 13.2. The second kappa shape index (κ2) is 9.03. The first-order valence-corrected chi connectivity index (χ1v) is 12.0. The number of carbonyl (C=O) groups excluding carboxylic acids is 1. The molecule has 11 heteroatoms. The minimum absolute atomic E-state index is 0.144. The van der Waals surface area contributed by atoms with E-state index >= 15 is 0 Å². The predicted molar refractivity (Wildman–Crippen MR) is 130 cm³/mol. The molecule has 3 heterocycles. The van der Waals surface area contributed by atoms with Gasteiger partial charge in [0.2, 0.25) is 11.1 Å². The van der Waals surface area contributed by atoms with Crippen LogP contribution in [-0.4, -0.2) is 36.8 Å². The zero-order chi connectivity index (χ0) is 22.1. The lowest BCUT2D eigenvalue weighted by molar-refractivity contribution is -0.113. The standard InChI is InChI=1S/C21H14Cl2N6OS2/c22-12-3-1-11(2-4-12)7-14-9-24-20(32-14)26-17(30)10-31-21-27-19-18(28-29-21)15-8-13(23)5-6-16(15)25-19/h1-6,8-9H,7,10H2,(H,24,26,30)(H,25,27,29). The first-order chi connectivity index (χ1) is 15.5. The number of fused-ring (bicyclic) bond motifs is 3. The summed E-state index contributed by atoms with van der Waals surface area (Å²) < 4.78 is 0. The van der Waals surface area contributed by atoms with E-state index in [1.54, 1.807) is 12.3 Å².